The molecule has 2 amide bonds. The quantitative estimate of drug-likeness (QED) is 0.497. The van der Waals surface area contributed by atoms with Crippen molar-refractivity contribution in [3.05, 3.63) is 54.1 Å². The fraction of sp³-hybridized carbons (Fsp3) is 0.517. The van der Waals surface area contributed by atoms with Gasteiger partial charge >= 0.3 is 6.09 Å². The molecule has 206 valence electrons. The van der Waals surface area contributed by atoms with Crippen LogP contribution in [0, 0.1) is 0 Å². The Morgan fingerprint density at radius 2 is 1.68 bits per heavy atom. The lowest BCUT2D eigenvalue weighted by atomic mass is 10.1. The summed E-state index contributed by atoms with van der Waals surface area (Å²) in [6.07, 6.45) is 3.05. The number of benzene rings is 2. The summed E-state index contributed by atoms with van der Waals surface area (Å²) in [5.74, 6) is 0.705. The highest BCUT2D eigenvalue weighted by Gasteiger charge is 2.24. The van der Waals surface area contributed by atoms with Crippen molar-refractivity contribution in [1.82, 2.24) is 14.9 Å². The highest BCUT2D eigenvalue weighted by molar-refractivity contribution is 5.95. The fourth-order valence-corrected chi connectivity index (χ4v) is 5.07. The number of nitrogens with zero attached hydrogens (tertiary/aromatic N) is 4. The zero-order valence-corrected chi connectivity index (χ0v) is 22.7. The Labute approximate surface area is 226 Å². The predicted molar refractivity (Wildman–Crippen MR) is 150 cm³/mol. The number of hydrogen-bond acceptors (Lipinski definition) is 7. The van der Waals surface area contributed by atoms with Gasteiger partial charge in [0, 0.05) is 63.6 Å². The second-order valence-corrected chi connectivity index (χ2v) is 9.60. The topological polar surface area (TPSA) is 77.6 Å². The molecule has 9 heteroatoms. The number of piperidine rings is 1. The van der Waals surface area contributed by atoms with Crippen molar-refractivity contribution >= 4 is 23.4 Å². The van der Waals surface area contributed by atoms with Crippen LogP contribution in [-0.4, -0.2) is 92.5 Å². The number of amides is 2. The first kappa shape index (κ1) is 27.7. The summed E-state index contributed by atoms with van der Waals surface area (Å²) in [5.41, 5.74) is 2.42. The number of nitrogens with one attached hydrogen (secondary N) is 1. The molecule has 9 nitrogen and oxygen atoms in total. The van der Waals surface area contributed by atoms with Gasteiger partial charge in [-0.15, -0.1) is 0 Å². The standard InChI is InChI=1S/C29H41N5O4/c1-3-34(33-15-8-5-9-16-33)28(35)24-11-10-12-25(23-24)32-19-17-31(18-20-32)21-22-38-29(36)30-26-13-6-7-14-27(26)37-4-2/h6-7,10-14,23H,3-5,8-9,15-22H2,1-2H3,(H,30,36). The van der Waals surface area contributed by atoms with Gasteiger partial charge in [0.25, 0.3) is 5.91 Å². The summed E-state index contributed by atoms with van der Waals surface area (Å²) in [4.78, 5) is 30.2. The average Bonchev–Trinajstić information content (AvgIpc) is 2.95. The third-order valence-corrected chi connectivity index (χ3v) is 7.10. The lowest BCUT2D eigenvalue weighted by Crippen LogP contribution is -2.49. The molecule has 0 saturated carbocycles. The van der Waals surface area contributed by atoms with Gasteiger partial charge in [-0.3, -0.25) is 20.0 Å². The van der Waals surface area contributed by atoms with Crippen molar-refractivity contribution in [1.29, 1.82) is 0 Å². The first-order valence-electron chi connectivity index (χ1n) is 13.9. The molecule has 0 unspecified atom stereocenters. The van der Waals surface area contributed by atoms with Crippen LogP contribution in [0.4, 0.5) is 16.2 Å². The molecule has 4 rings (SSSR count). The summed E-state index contributed by atoms with van der Waals surface area (Å²) in [6, 6.07) is 15.3. The molecule has 2 aromatic rings. The highest BCUT2D eigenvalue weighted by Crippen LogP contribution is 2.24. The van der Waals surface area contributed by atoms with Crippen LogP contribution in [0.5, 0.6) is 5.75 Å². The van der Waals surface area contributed by atoms with Crippen molar-refractivity contribution < 1.29 is 19.1 Å². The molecule has 0 aromatic heterocycles. The summed E-state index contributed by atoms with van der Waals surface area (Å²) in [7, 11) is 0. The number of piperazine rings is 1. The summed E-state index contributed by atoms with van der Waals surface area (Å²) >= 11 is 0. The van der Waals surface area contributed by atoms with Crippen molar-refractivity contribution in [2.45, 2.75) is 33.1 Å². The van der Waals surface area contributed by atoms with Gasteiger partial charge in [0.2, 0.25) is 0 Å². The van der Waals surface area contributed by atoms with Crippen LogP contribution in [0.1, 0.15) is 43.5 Å². The van der Waals surface area contributed by atoms with Gasteiger partial charge in [-0.2, -0.15) is 0 Å². The van der Waals surface area contributed by atoms with Crippen LogP contribution in [0.2, 0.25) is 0 Å². The monoisotopic (exact) mass is 523 g/mol. The number of carbonyl (C=O) groups is 2. The Hall–Kier alpha value is -3.30. The molecule has 2 heterocycles. The maximum absolute atomic E-state index is 13.3. The van der Waals surface area contributed by atoms with Gasteiger partial charge < -0.3 is 14.4 Å². The van der Waals surface area contributed by atoms with Crippen LogP contribution in [0.25, 0.3) is 0 Å². The largest absolute Gasteiger partial charge is 0.492 e. The van der Waals surface area contributed by atoms with Crippen molar-refractivity contribution in [3.8, 4) is 5.75 Å². The first-order chi connectivity index (χ1) is 18.6. The average molecular weight is 524 g/mol. The highest BCUT2D eigenvalue weighted by atomic mass is 16.5. The van der Waals surface area contributed by atoms with E-state index in [1.54, 1.807) is 6.07 Å². The Morgan fingerprint density at radius 3 is 2.42 bits per heavy atom. The number of ether oxygens (including phenoxy) is 2. The smallest absolute Gasteiger partial charge is 0.411 e. The second kappa shape index (κ2) is 14.0. The van der Waals surface area contributed by atoms with Crippen LogP contribution >= 0.6 is 0 Å². The van der Waals surface area contributed by atoms with E-state index in [-0.39, 0.29) is 5.91 Å². The Morgan fingerprint density at radius 1 is 0.921 bits per heavy atom. The lowest BCUT2D eigenvalue weighted by molar-refractivity contribution is -0.0181. The fourth-order valence-electron chi connectivity index (χ4n) is 5.07. The molecular weight excluding hydrogens is 482 g/mol. The molecular formula is C29H41N5O4. The molecule has 2 saturated heterocycles. The number of hydrazine groups is 1. The van der Waals surface area contributed by atoms with Gasteiger partial charge in [-0.05, 0) is 57.0 Å². The van der Waals surface area contributed by atoms with Crippen LogP contribution < -0.4 is 15.0 Å². The number of para-hydroxylation sites is 2. The first-order valence-corrected chi connectivity index (χ1v) is 13.9. The van der Waals surface area contributed by atoms with Crippen LogP contribution in [0.15, 0.2) is 48.5 Å². The summed E-state index contributed by atoms with van der Waals surface area (Å²) in [6.45, 7) is 11.5. The molecule has 2 aliphatic heterocycles. The van der Waals surface area contributed by atoms with Crippen molar-refractivity contribution in [2.75, 3.05) is 75.8 Å². The summed E-state index contributed by atoms with van der Waals surface area (Å²) < 4.78 is 11.0. The van der Waals surface area contributed by atoms with E-state index in [1.165, 1.54) is 6.42 Å². The van der Waals surface area contributed by atoms with Gasteiger partial charge in [0.1, 0.15) is 12.4 Å². The molecule has 0 atom stereocenters. The maximum atomic E-state index is 13.3. The molecule has 0 aliphatic carbocycles. The molecule has 0 spiro atoms. The minimum atomic E-state index is -0.483. The second-order valence-electron chi connectivity index (χ2n) is 9.60. The van der Waals surface area contributed by atoms with E-state index in [1.807, 2.05) is 55.3 Å². The number of carbonyl (C=O) groups excluding carboxylic acids is 2. The Kier molecular flexibility index (Phi) is 10.2. The normalized spacial score (nSPS) is 16.6. The van der Waals surface area contributed by atoms with E-state index < -0.39 is 6.09 Å². The van der Waals surface area contributed by atoms with Gasteiger partial charge in [-0.1, -0.05) is 24.6 Å². The van der Waals surface area contributed by atoms with E-state index in [2.05, 4.69) is 26.2 Å². The molecule has 1 N–H and O–H groups in total. The van der Waals surface area contributed by atoms with Gasteiger partial charge in [0.15, 0.2) is 0 Å². The maximum Gasteiger partial charge on any atom is 0.411 e. The zero-order chi connectivity index (χ0) is 26.7. The zero-order valence-electron chi connectivity index (χ0n) is 22.7. The molecule has 2 aliphatic rings. The van der Waals surface area contributed by atoms with Crippen LogP contribution in [0.3, 0.4) is 0 Å². The van der Waals surface area contributed by atoms with Crippen molar-refractivity contribution in [3.63, 3.8) is 0 Å². The molecule has 2 aromatic carbocycles. The van der Waals surface area contributed by atoms with Gasteiger partial charge in [0.05, 0.1) is 12.3 Å². The Bertz CT molecular complexity index is 1050. The minimum absolute atomic E-state index is 0.0780. The van der Waals surface area contributed by atoms with E-state index in [4.69, 9.17) is 9.47 Å². The summed E-state index contributed by atoms with van der Waals surface area (Å²) in [5, 5.41) is 6.87. The third kappa shape index (κ3) is 7.39. The van der Waals surface area contributed by atoms with E-state index in [0.717, 1.165) is 63.4 Å². The van der Waals surface area contributed by atoms with E-state index in [9.17, 15) is 9.59 Å². The van der Waals surface area contributed by atoms with E-state index in [0.29, 0.717) is 37.7 Å². The molecule has 38 heavy (non-hydrogen) atoms. The number of rotatable bonds is 10. The minimum Gasteiger partial charge on any atom is -0.492 e. The number of anilines is 2. The SMILES string of the molecule is CCOc1ccccc1NC(=O)OCCN1CCN(c2cccc(C(=O)N(CC)N3CCCCC3)c2)CC1. The van der Waals surface area contributed by atoms with Crippen LogP contribution in [-0.2, 0) is 4.74 Å². The Balaban J connectivity index is 1.23. The van der Waals surface area contributed by atoms with Gasteiger partial charge in [-0.25, -0.2) is 9.80 Å². The molecule has 0 radical (unpaired) electrons. The third-order valence-electron chi connectivity index (χ3n) is 7.10. The van der Waals surface area contributed by atoms with E-state index >= 15 is 0 Å². The van der Waals surface area contributed by atoms with Crippen molar-refractivity contribution in [2.24, 2.45) is 0 Å². The number of hydrogen-bond donors (Lipinski definition) is 1. The molecule has 0 bridgehead atoms. The molecule has 2 fully saturated rings. The predicted octanol–water partition coefficient (Wildman–Crippen LogP) is 4.32. The lowest BCUT2D eigenvalue weighted by Gasteiger charge is -2.37.